The SMILES string of the molecule is CN(CC(C)(C)CN)C(=O)C1CCCC1. The van der Waals surface area contributed by atoms with Gasteiger partial charge in [0.25, 0.3) is 0 Å². The first-order valence-electron chi connectivity index (χ1n) is 5.91. The minimum atomic E-state index is 0.0308. The second-order valence-electron chi connectivity index (χ2n) is 5.54. The lowest BCUT2D eigenvalue weighted by molar-refractivity contribution is -0.135. The largest absolute Gasteiger partial charge is 0.345 e. The summed E-state index contributed by atoms with van der Waals surface area (Å²) in [6, 6.07) is 0. The number of nitrogens with zero attached hydrogens (tertiary/aromatic N) is 1. The van der Waals surface area contributed by atoms with Gasteiger partial charge < -0.3 is 10.6 Å². The van der Waals surface area contributed by atoms with E-state index in [9.17, 15) is 4.79 Å². The van der Waals surface area contributed by atoms with Crippen LogP contribution in [0.15, 0.2) is 0 Å². The average molecular weight is 212 g/mol. The van der Waals surface area contributed by atoms with E-state index in [2.05, 4.69) is 13.8 Å². The Labute approximate surface area is 93.0 Å². The van der Waals surface area contributed by atoms with Crippen LogP contribution in [0.1, 0.15) is 39.5 Å². The third-order valence-corrected chi connectivity index (χ3v) is 3.30. The third kappa shape index (κ3) is 3.49. The highest BCUT2D eigenvalue weighted by Crippen LogP contribution is 2.27. The molecule has 3 heteroatoms. The molecule has 0 heterocycles. The van der Waals surface area contributed by atoms with Crippen LogP contribution >= 0.6 is 0 Å². The Morgan fingerprint density at radius 3 is 2.40 bits per heavy atom. The topological polar surface area (TPSA) is 46.3 Å². The van der Waals surface area contributed by atoms with Crippen LogP contribution in [-0.2, 0) is 4.79 Å². The molecule has 0 bridgehead atoms. The Bertz CT molecular complexity index is 220. The number of carbonyl (C=O) groups excluding carboxylic acids is 1. The number of rotatable bonds is 4. The Balaban J connectivity index is 2.45. The molecule has 15 heavy (non-hydrogen) atoms. The summed E-state index contributed by atoms with van der Waals surface area (Å²) in [7, 11) is 1.90. The maximum Gasteiger partial charge on any atom is 0.225 e. The van der Waals surface area contributed by atoms with E-state index in [1.54, 1.807) is 0 Å². The average Bonchev–Trinajstić information content (AvgIpc) is 2.68. The van der Waals surface area contributed by atoms with Crippen molar-refractivity contribution >= 4 is 5.91 Å². The molecule has 1 saturated carbocycles. The van der Waals surface area contributed by atoms with Gasteiger partial charge in [0.05, 0.1) is 0 Å². The fraction of sp³-hybridized carbons (Fsp3) is 0.917. The van der Waals surface area contributed by atoms with Gasteiger partial charge in [0.2, 0.25) is 5.91 Å². The van der Waals surface area contributed by atoms with Crippen molar-refractivity contribution in [3.63, 3.8) is 0 Å². The van der Waals surface area contributed by atoms with Gasteiger partial charge >= 0.3 is 0 Å². The van der Waals surface area contributed by atoms with Gasteiger partial charge in [0, 0.05) is 19.5 Å². The molecule has 0 aromatic heterocycles. The Kier molecular flexibility index (Phi) is 4.14. The van der Waals surface area contributed by atoms with E-state index in [1.807, 2.05) is 11.9 Å². The summed E-state index contributed by atoms with van der Waals surface area (Å²) in [5.41, 5.74) is 5.70. The molecule has 0 aromatic rings. The molecule has 0 atom stereocenters. The summed E-state index contributed by atoms with van der Waals surface area (Å²) in [5.74, 6) is 0.595. The van der Waals surface area contributed by atoms with Crippen LogP contribution in [-0.4, -0.2) is 30.9 Å². The number of hydrogen-bond donors (Lipinski definition) is 1. The zero-order chi connectivity index (χ0) is 11.5. The molecule has 1 amide bonds. The second kappa shape index (κ2) is 4.97. The molecule has 0 radical (unpaired) electrons. The van der Waals surface area contributed by atoms with E-state index in [-0.39, 0.29) is 11.3 Å². The molecule has 0 aliphatic heterocycles. The van der Waals surface area contributed by atoms with Crippen LogP contribution in [0.2, 0.25) is 0 Å². The number of nitrogens with two attached hydrogens (primary N) is 1. The van der Waals surface area contributed by atoms with Gasteiger partial charge in [-0.25, -0.2) is 0 Å². The molecule has 1 fully saturated rings. The first kappa shape index (κ1) is 12.5. The van der Waals surface area contributed by atoms with Gasteiger partial charge in [-0.1, -0.05) is 26.7 Å². The van der Waals surface area contributed by atoms with E-state index < -0.39 is 0 Å². The minimum Gasteiger partial charge on any atom is -0.345 e. The van der Waals surface area contributed by atoms with Crippen LogP contribution in [0.3, 0.4) is 0 Å². The first-order chi connectivity index (χ1) is 6.96. The highest BCUT2D eigenvalue weighted by molar-refractivity contribution is 5.78. The lowest BCUT2D eigenvalue weighted by Crippen LogP contribution is -2.41. The molecule has 1 aliphatic rings. The molecule has 88 valence electrons. The Morgan fingerprint density at radius 1 is 1.40 bits per heavy atom. The lowest BCUT2D eigenvalue weighted by atomic mass is 9.92. The highest BCUT2D eigenvalue weighted by Gasteiger charge is 2.28. The van der Waals surface area contributed by atoms with Crippen molar-refractivity contribution < 1.29 is 4.79 Å². The Hall–Kier alpha value is -0.570. The molecule has 3 nitrogen and oxygen atoms in total. The second-order valence-corrected chi connectivity index (χ2v) is 5.54. The molecule has 0 aromatic carbocycles. The number of amides is 1. The Morgan fingerprint density at radius 2 is 1.93 bits per heavy atom. The lowest BCUT2D eigenvalue weighted by Gasteiger charge is -2.30. The molecule has 0 spiro atoms. The van der Waals surface area contributed by atoms with Crippen molar-refractivity contribution in [1.29, 1.82) is 0 Å². The van der Waals surface area contributed by atoms with E-state index in [0.29, 0.717) is 12.5 Å². The van der Waals surface area contributed by atoms with E-state index in [1.165, 1.54) is 12.8 Å². The van der Waals surface area contributed by atoms with Crippen LogP contribution in [0.5, 0.6) is 0 Å². The summed E-state index contributed by atoms with van der Waals surface area (Å²) in [6.45, 7) is 5.59. The van der Waals surface area contributed by atoms with Gasteiger partial charge in [0.1, 0.15) is 0 Å². The van der Waals surface area contributed by atoms with Crippen molar-refractivity contribution in [3.05, 3.63) is 0 Å². The van der Waals surface area contributed by atoms with Gasteiger partial charge in [0.15, 0.2) is 0 Å². The third-order valence-electron chi connectivity index (χ3n) is 3.30. The summed E-state index contributed by atoms with van der Waals surface area (Å²) >= 11 is 0. The highest BCUT2D eigenvalue weighted by atomic mass is 16.2. The van der Waals surface area contributed by atoms with Crippen molar-refractivity contribution in [2.24, 2.45) is 17.1 Å². The normalized spacial score (nSPS) is 18.1. The first-order valence-corrected chi connectivity index (χ1v) is 5.91. The van der Waals surface area contributed by atoms with E-state index in [4.69, 9.17) is 5.73 Å². The quantitative estimate of drug-likeness (QED) is 0.769. The number of carbonyl (C=O) groups is 1. The number of hydrogen-bond acceptors (Lipinski definition) is 2. The van der Waals surface area contributed by atoms with E-state index in [0.717, 1.165) is 19.4 Å². The van der Waals surface area contributed by atoms with Crippen molar-refractivity contribution in [3.8, 4) is 0 Å². The van der Waals surface area contributed by atoms with Crippen LogP contribution in [0.25, 0.3) is 0 Å². The monoisotopic (exact) mass is 212 g/mol. The van der Waals surface area contributed by atoms with Gasteiger partial charge in [-0.05, 0) is 24.8 Å². The fourth-order valence-corrected chi connectivity index (χ4v) is 2.27. The maximum atomic E-state index is 12.0. The summed E-state index contributed by atoms with van der Waals surface area (Å²) < 4.78 is 0. The standard InChI is InChI=1S/C12H24N2O/c1-12(2,8-13)9-14(3)11(15)10-6-4-5-7-10/h10H,4-9,13H2,1-3H3. The minimum absolute atomic E-state index is 0.0308. The van der Waals surface area contributed by atoms with Gasteiger partial charge in [-0.15, -0.1) is 0 Å². The van der Waals surface area contributed by atoms with E-state index >= 15 is 0 Å². The summed E-state index contributed by atoms with van der Waals surface area (Å²) in [4.78, 5) is 13.9. The van der Waals surface area contributed by atoms with Crippen molar-refractivity contribution in [1.82, 2.24) is 4.90 Å². The smallest absolute Gasteiger partial charge is 0.225 e. The predicted octanol–water partition coefficient (Wildman–Crippen LogP) is 1.62. The molecule has 2 N–H and O–H groups in total. The zero-order valence-electron chi connectivity index (χ0n) is 10.3. The zero-order valence-corrected chi connectivity index (χ0v) is 10.3. The van der Waals surface area contributed by atoms with Gasteiger partial charge in [-0.3, -0.25) is 4.79 Å². The summed E-state index contributed by atoms with van der Waals surface area (Å²) in [5, 5.41) is 0. The molecule has 1 aliphatic carbocycles. The summed E-state index contributed by atoms with van der Waals surface area (Å²) in [6.07, 6.45) is 4.58. The molecule has 0 unspecified atom stereocenters. The van der Waals surface area contributed by atoms with Crippen molar-refractivity contribution in [2.75, 3.05) is 20.1 Å². The fourth-order valence-electron chi connectivity index (χ4n) is 2.27. The molecule has 1 rings (SSSR count). The maximum absolute atomic E-state index is 12.0. The molecular weight excluding hydrogens is 188 g/mol. The van der Waals surface area contributed by atoms with Crippen LogP contribution in [0, 0.1) is 11.3 Å². The van der Waals surface area contributed by atoms with Crippen LogP contribution in [0.4, 0.5) is 0 Å². The van der Waals surface area contributed by atoms with Crippen molar-refractivity contribution in [2.45, 2.75) is 39.5 Å². The molecular formula is C12H24N2O. The predicted molar refractivity (Wildman–Crippen MR) is 62.4 cm³/mol. The molecule has 0 saturated heterocycles. The van der Waals surface area contributed by atoms with Gasteiger partial charge in [-0.2, -0.15) is 0 Å². The van der Waals surface area contributed by atoms with Crippen LogP contribution < -0.4 is 5.73 Å².